The number of nitrogens with two attached hydrogens (primary N) is 1. The molecule has 0 amide bonds. The van der Waals surface area contributed by atoms with Crippen molar-refractivity contribution >= 4 is 28.8 Å². The standard InChI is InChI=1S/C12H10ClN3OS/c1-7-6-9(11(14)18)16-12(15-7)17-10-5-3-2-4-8(10)13/h2-6H,1H3,(H2,14,18). The van der Waals surface area contributed by atoms with Crippen molar-refractivity contribution in [3.8, 4) is 11.8 Å². The van der Waals surface area contributed by atoms with Gasteiger partial charge in [-0.1, -0.05) is 36.0 Å². The number of thiocarbonyl (C=S) groups is 1. The summed E-state index contributed by atoms with van der Waals surface area (Å²) >= 11 is 10.9. The highest BCUT2D eigenvalue weighted by Gasteiger charge is 2.08. The van der Waals surface area contributed by atoms with Gasteiger partial charge in [0.15, 0.2) is 0 Å². The number of rotatable bonds is 3. The van der Waals surface area contributed by atoms with Crippen molar-refractivity contribution in [2.75, 3.05) is 0 Å². The Kier molecular flexibility index (Phi) is 3.74. The van der Waals surface area contributed by atoms with Crippen LogP contribution in [0.2, 0.25) is 5.02 Å². The van der Waals surface area contributed by atoms with E-state index < -0.39 is 0 Å². The molecule has 1 heterocycles. The number of aromatic nitrogens is 2. The number of hydrogen-bond acceptors (Lipinski definition) is 4. The maximum atomic E-state index is 5.99. The first-order valence-electron chi connectivity index (χ1n) is 5.14. The molecule has 0 aliphatic rings. The maximum absolute atomic E-state index is 5.99. The zero-order valence-electron chi connectivity index (χ0n) is 9.55. The summed E-state index contributed by atoms with van der Waals surface area (Å²) in [5.74, 6) is 0.485. The van der Waals surface area contributed by atoms with E-state index in [1.165, 1.54) is 0 Å². The molecule has 6 heteroatoms. The van der Waals surface area contributed by atoms with E-state index in [9.17, 15) is 0 Å². The van der Waals surface area contributed by atoms with Crippen LogP contribution in [0.15, 0.2) is 30.3 Å². The molecule has 2 rings (SSSR count). The van der Waals surface area contributed by atoms with Gasteiger partial charge in [0, 0.05) is 5.69 Å². The van der Waals surface area contributed by atoms with Gasteiger partial charge in [-0.05, 0) is 25.1 Å². The highest BCUT2D eigenvalue weighted by molar-refractivity contribution is 7.80. The lowest BCUT2D eigenvalue weighted by molar-refractivity contribution is 0.440. The summed E-state index contributed by atoms with van der Waals surface area (Å²) in [5.41, 5.74) is 6.72. The molecule has 0 unspecified atom stereocenters. The fourth-order valence-corrected chi connectivity index (χ4v) is 1.62. The Bertz CT molecular complexity index is 604. The van der Waals surface area contributed by atoms with Crippen molar-refractivity contribution in [3.63, 3.8) is 0 Å². The summed E-state index contributed by atoms with van der Waals surface area (Å²) in [4.78, 5) is 8.46. The van der Waals surface area contributed by atoms with E-state index >= 15 is 0 Å². The average molecular weight is 280 g/mol. The number of ether oxygens (including phenoxy) is 1. The van der Waals surface area contributed by atoms with Gasteiger partial charge < -0.3 is 10.5 Å². The van der Waals surface area contributed by atoms with Crippen LogP contribution < -0.4 is 10.5 Å². The predicted molar refractivity (Wildman–Crippen MR) is 74.2 cm³/mol. The molecule has 2 N–H and O–H groups in total. The Morgan fingerprint density at radius 3 is 2.72 bits per heavy atom. The monoisotopic (exact) mass is 279 g/mol. The molecular formula is C12H10ClN3OS. The summed E-state index contributed by atoms with van der Waals surface area (Å²) in [6, 6.07) is 8.95. The summed E-state index contributed by atoms with van der Waals surface area (Å²) in [6.07, 6.45) is 0. The van der Waals surface area contributed by atoms with Gasteiger partial charge in [-0.3, -0.25) is 0 Å². The molecular weight excluding hydrogens is 270 g/mol. The zero-order valence-corrected chi connectivity index (χ0v) is 11.1. The predicted octanol–water partition coefficient (Wildman–Crippen LogP) is 2.86. The first kappa shape index (κ1) is 12.7. The van der Waals surface area contributed by atoms with E-state index in [1.54, 1.807) is 18.2 Å². The third-order valence-corrected chi connectivity index (χ3v) is 2.65. The molecule has 1 aromatic carbocycles. The minimum atomic E-state index is 0.172. The topological polar surface area (TPSA) is 61.0 Å². The van der Waals surface area contributed by atoms with E-state index in [4.69, 9.17) is 34.3 Å². The van der Waals surface area contributed by atoms with Crippen LogP contribution in [-0.4, -0.2) is 15.0 Å². The summed E-state index contributed by atoms with van der Waals surface area (Å²) in [5, 5.41) is 0.486. The van der Waals surface area contributed by atoms with Gasteiger partial charge >= 0.3 is 6.01 Å². The minimum absolute atomic E-state index is 0.172. The Labute approximate surface area is 115 Å². The number of nitrogens with zero attached hydrogens (tertiary/aromatic N) is 2. The third kappa shape index (κ3) is 2.94. The molecule has 4 nitrogen and oxygen atoms in total. The van der Waals surface area contributed by atoms with Crippen molar-refractivity contribution in [1.82, 2.24) is 9.97 Å². The van der Waals surface area contributed by atoms with Crippen molar-refractivity contribution in [2.24, 2.45) is 5.73 Å². The van der Waals surface area contributed by atoms with Crippen LogP contribution in [0.3, 0.4) is 0 Å². The molecule has 2 aromatic rings. The van der Waals surface area contributed by atoms with Crippen LogP contribution in [-0.2, 0) is 0 Å². The normalized spacial score (nSPS) is 10.1. The van der Waals surface area contributed by atoms with Gasteiger partial charge in [0.05, 0.1) is 5.02 Å². The number of aryl methyl sites for hydroxylation is 1. The molecule has 0 atom stereocenters. The Morgan fingerprint density at radius 1 is 1.33 bits per heavy atom. The molecule has 1 aromatic heterocycles. The smallest absolute Gasteiger partial charge is 0.322 e. The quantitative estimate of drug-likeness (QED) is 0.876. The lowest BCUT2D eigenvalue weighted by Crippen LogP contribution is -2.13. The number of halogens is 1. The second-order valence-corrected chi connectivity index (χ2v) is 4.42. The van der Waals surface area contributed by atoms with Gasteiger partial charge in [-0.25, -0.2) is 4.98 Å². The molecule has 0 spiro atoms. The van der Waals surface area contributed by atoms with Gasteiger partial charge in [0.25, 0.3) is 0 Å². The van der Waals surface area contributed by atoms with E-state index in [1.807, 2.05) is 19.1 Å². The average Bonchev–Trinajstić information content (AvgIpc) is 2.31. The van der Waals surface area contributed by atoms with Gasteiger partial charge in [0.1, 0.15) is 16.4 Å². The van der Waals surface area contributed by atoms with E-state index in [2.05, 4.69) is 9.97 Å². The van der Waals surface area contributed by atoms with Crippen molar-refractivity contribution in [1.29, 1.82) is 0 Å². The van der Waals surface area contributed by atoms with Crippen LogP contribution in [0.1, 0.15) is 11.4 Å². The molecule has 0 radical (unpaired) electrons. The largest absolute Gasteiger partial charge is 0.423 e. The first-order valence-corrected chi connectivity index (χ1v) is 5.93. The van der Waals surface area contributed by atoms with Crippen molar-refractivity contribution in [3.05, 3.63) is 46.7 Å². The number of hydrogen-bond donors (Lipinski definition) is 1. The zero-order chi connectivity index (χ0) is 13.1. The molecule has 0 aliphatic carbocycles. The molecule has 92 valence electrons. The van der Waals surface area contributed by atoms with Crippen LogP contribution >= 0.6 is 23.8 Å². The van der Waals surface area contributed by atoms with Crippen molar-refractivity contribution < 1.29 is 4.74 Å². The molecule has 0 aliphatic heterocycles. The summed E-state index contributed by atoms with van der Waals surface area (Å²) in [7, 11) is 0. The van der Waals surface area contributed by atoms with Crippen LogP contribution in [0, 0.1) is 6.92 Å². The third-order valence-electron chi connectivity index (χ3n) is 2.12. The van der Waals surface area contributed by atoms with Crippen LogP contribution in [0.25, 0.3) is 0 Å². The molecule has 18 heavy (non-hydrogen) atoms. The molecule has 0 bridgehead atoms. The Balaban J connectivity index is 2.35. The number of benzene rings is 1. The lowest BCUT2D eigenvalue weighted by atomic mass is 10.3. The fourth-order valence-electron chi connectivity index (χ4n) is 1.34. The van der Waals surface area contributed by atoms with Gasteiger partial charge in [0.2, 0.25) is 0 Å². The highest BCUT2D eigenvalue weighted by Crippen LogP contribution is 2.27. The SMILES string of the molecule is Cc1cc(C(N)=S)nc(Oc2ccccc2Cl)n1. The second-order valence-electron chi connectivity index (χ2n) is 3.57. The van der Waals surface area contributed by atoms with Crippen LogP contribution in [0.4, 0.5) is 0 Å². The molecule has 0 saturated carbocycles. The molecule has 0 saturated heterocycles. The van der Waals surface area contributed by atoms with E-state index in [0.29, 0.717) is 16.5 Å². The Morgan fingerprint density at radius 2 is 2.06 bits per heavy atom. The first-order chi connectivity index (χ1) is 8.56. The van der Waals surface area contributed by atoms with Gasteiger partial charge in [-0.15, -0.1) is 0 Å². The van der Waals surface area contributed by atoms with E-state index in [-0.39, 0.29) is 11.0 Å². The summed E-state index contributed by atoms with van der Waals surface area (Å²) in [6.45, 7) is 1.81. The van der Waals surface area contributed by atoms with Gasteiger partial charge in [-0.2, -0.15) is 4.98 Å². The number of para-hydroxylation sites is 1. The second kappa shape index (κ2) is 5.29. The van der Waals surface area contributed by atoms with Crippen molar-refractivity contribution in [2.45, 2.75) is 6.92 Å². The Hall–Kier alpha value is -1.72. The minimum Gasteiger partial charge on any atom is -0.423 e. The highest BCUT2D eigenvalue weighted by atomic mass is 35.5. The summed E-state index contributed by atoms with van der Waals surface area (Å²) < 4.78 is 5.51. The lowest BCUT2D eigenvalue weighted by Gasteiger charge is -2.07. The molecule has 0 fully saturated rings. The van der Waals surface area contributed by atoms with E-state index in [0.717, 1.165) is 5.69 Å². The fraction of sp³-hybridized carbons (Fsp3) is 0.0833. The maximum Gasteiger partial charge on any atom is 0.322 e. The van der Waals surface area contributed by atoms with Crippen LogP contribution in [0.5, 0.6) is 11.8 Å².